The number of ketones is 1. The van der Waals surface area contributed by atoms with E-state index in [0.717, 1.165) is 19.6 Å². The normalized spacial score (nSPS) is 19.0. The Bertz CT molecular complexity index is 1080. The van der Waals surface area contributed by atoms with E-state index in [9.17, 15) is 14.7 Å². The number of carbonyl (C=O) groups excluding carboxylic acids is 2. The molecule has 1 saturated heterocycles. The van der Waals surface area contributed by atoms with E-state index >= 15 is 0 Å². The van der Waals surface area contributed by atoms with Gasteiger partial charge in [0.25, 0.3) is 11.7 Å². The van der Waals surface area contributed by atoms with E-state index < -0.39 is 17.7 Å². The average molecular weight is 471 g/mol. The summed E-state index contributed by atoms with van der Waals surface area (Å²) in [4.78, 5) is 30.0. The fourth-order valence-corrected chi connectivity index (χ4v) is 4.43. The first-order valence-corrected chi connectivity index (χ1v) is 11.5. The molecule has 2 aromatic rings. The molecule has 2 aromatic carbocycles. The van der Waals surface area contributed by atoms with Crippen LogP contribution in [0.15, 0.2) is 48.0 Å². The Labute approximate surface area is 198 Å². The summed E-state index contributed by atoms with van der Waals surface area (Å²) in [5.74, 6) is -0.504. The van der Waals surface area contributed by atoms with Crippen LogP contribution in [0, 0.1) is 0 Å². The Morgan fingerprint density at radius 3 is 2.48 bits per heavy atom. The third-order valence-corrected chi connectivity index (χ3v) is 6.39. The van der Waals surface area contributed by atoms with Crippen molar-refractivity contribution < 1.29 is 24.2 Å². The summed E-state index contributed by atoms with van der Waals surface area (Å²) in [5.41, 5.74) is 1.16. The van der Waals surface area contributed by atoms with Crippen molar-refractivity contribution in [1.29, 1.82) is 0 Å². The van der Waals surface area contributed by atoms with E-state index in [1.807, 2.05) is 0 Å². The summed E-state index contributed by atoms with van der Waals surface area (Å²) in [5, 5.41) is 11.7. The van der Waals surface area contributed by atoms with Gasteiger partial charge in [-0.1, -0.05) is 37.6 Å². The van der Waals surface area contributed by atoms with Gasteiger partial charge in [0.05, 0.1) is 11.6 Å². The zero-order chi connectivity index (χ0) is 23.5. The fourth-order valence-electron chi connectivity index (χ4n) is 4.31. The van der Waals surface area contributed by atoms with Gasteiger partial charge in [0, 0.05) is 17.1 Å². The average Bonchev–Trinajstić information content (AvgIpc) is 3.39. The number of likely N-dealkylation sites (tertiary alicyclic amines) is 1. The highest BCUT2D eigenvalue weighted by Gasteiger charge is 2.45. The quantitative estimate of drug-likeness (QED) is 0.353. The molecule has 0 aliphatic carbocycles. The third-order valence-electron chi connectivity index (χ3n) is 6.14. The molecule has 33 heavy (non-hydrogen) atoms. The van der Waals surface area contributed by atoms with Crippen LogP contribution in [0.25, 0.3) is 5.76 Å². The zero-order valence-electron chi connectivity index (χ0n) is 18.7. The number of ether oxygens (including phenoxy) is 2. The van der Waals surface area contributed by atoms with E-state index in [2.05, 4.69) is 18.7 Å². The van der Waals surface area contributed by atoms with Crippen molar-refractivity contribution in [3.63, 3.8) is 0 Å². The van der Waals surface area contributed by atoms with Gasteiger partial charge in [-0.15, -0.1) is 0 Å². The van der Waals surface area contributed by atoms with E-state index in [1.54, 1.807) is 47.4 Å². The molecule has 0 saturated carbocycles. The van der Waals surface area contributed by atoms with Crippen molar-refractivity contribution in [3.05, 3.63) is 64.2 Å². The van der Waals surface area contributed by atoms with Gasteiger partial charge >= 0.3 is 0 Å². The van der Waals surface area contributed by atoms with Crippen LogP contribution in [0.4, 0.5) is 0 Å². The first-order chi connectivity index (χ1) is 15.9. The molecule has 7 nitrogen and oxygen atoms in total. The minimum atomic E-state index is -0.704. The van der Waals surface area contributed by atoms with Crippen LogP contribution in [0.2, 0.25) is 5.02 Å². The van der Waals surface area contributed by atoms with Crippen LogP contribution in [0.3, 0.4) is 0 Å². The van der Waals surface area contributed by atoms with Gasteiger partial charge in [-0.05, 0) is 62.0 Å². The molecule has 1 fully saturated rings. The highest BCUT2D eigenvalue weighted by atomic mass is 35.5. The van der Waals surface area contributed by atoms with Crippen LogP contribution in [-0.4, -0.2) is 59.6 Å². The smallest absolute Gasteiger partial charge is 0.295 e. The highest BCUT2D eigenvalue weighted by Crippen LogP contribution is 2.41. The third kappa shape index (κ3) is 4.56. The molecule has 2 heterocycles. The molecule has 1 N–H and O–H groups in total. The summed E-state index contributed by atoms with van der Waals surface area (Å²) in [6.45, 7) is 7.32. The predicted octanol–water partition coefficient (Wildman–Crippen LogP) is 4.22. The lowest BCUT2D eigenvalue weighted by Gasteiger charge is -2.26. The molecule has 0 spiro atoms. The van der Waals surface area contributed by atoms with Crippen molar-refractivity contribution in [2.24, 2.45) is 0 Å². The van der Waals surface area contributed by atoms with Gasteiger partial charge in [-0.2, -0.15) is 0 Å². The number of hydrogen-bond donors (Lipinski definition) is 1. The first kappa shape index (κ1) is 23.1. The molecule has 1 unspecified atom stereocenters. The molecule has 0 bridgehead atoms. The molecular formula is C25H27ClN2O5. The lowest BCUT2D eigenvalue weighted by atomic mass is 9.95. The second-order valence-corrected chi connectivity index (χ2v) is 8.43. The van der Waals surface area contributed by atoms with E-state index in [-0.39, 0.29) is 18.1 Å². The standard InChI is InChI=1S/C25H27ClN2O5/c1-3-27(4-2)12-5-13-28-22(16-6-9-18(26)10-7-16)21(24(30)25(28)31)23(29)17-8-11-19-20(14-17)33-15-32-19/h6-11,14,22,29H,3-5,12-13,15H2,1-2H3/b23-21+. The fraction of sp³-hybridized carbons (Fsp3) is 0.360. The Balaban J connectivity index is 1.72. The van der Waals surface area contributed by atoms with Gasteiger partial charge in [-0.3, -0.25) is 9.59 Å². The predicted molar refractivity (Wildman–Crippen MR) is 125 cm³/mol. The van der Waals surface area contributed by atoms with Gasteiger partial charge in [0.15, 0.2) is 11.5 Å². The SMILES string of the molecule is CCN(CC)CCCN1C(=O)C(=O)/C(=C(/O)c2ccc3c(c2)OCO3)C1c1ccc(Cl)cc1. The molecule has 2 aliphatic heterocycles. The number of hydrogen-bond acceptors (Lipinski definition) is 6. The number of aliphatic hydroxyl groups excluding tert-OH is 1. The largest absolute Gasteiger partial charge is 0.507 e. The van der Waals surface area contributed by atoms with Crippen molar-refractivity contribution in [2.45, 2.75) is 26.3 Å². The molecule has 174 valence electrons. The second-order valence-electron chi connectivity index (χ2n) is 7.99. The topological polar surface area (TPSA) is 79.3 Å². The van der Waals surface area contributed by atoms with Gasteiger partial charge in [0.2, 0.25) is 6.79 Å². The lowest BCUT2D eigenvalue weighted by molar-refractivity contribution is -0.140. The number of Topliss-reactive ketones (excluding diaryl/α,β-unsaturated/α-hetero) is 1. The van der Waals surface area contributed by atoms with Crippen molar-refractivity contribution in [1.82, 2.24) is 9.80 Å². The molecule has 1 atom stereocenters. The van der Waals surface area contributed by atoms with Crippen LogP contribution in [0.5, 0.6) is 11.5 Å². The summed E-state index contributed by atoms with van der Waals surface area (Å²) in [7, 11) is 0. The van der Waals surface area contributed by atoms with E-state index in [1.165, 1.54) is 0 Å². The Kier molecular flexibility index (Phi) is 6.91. The van der Waals surface area contributed by atoms with Crippen LogP contribution >= 0.6 is 11.6 Å². The first-order valence-electron chi connectivity index (χ1n) is 11.1. The number of benzene rings is 2. The van der Waals surface area contributed by atoms with Crippen molar-refractivity contribution >= 4 is 29.1 Å². The molecule has 0 aromatic heterocycles. The minimum Gasteiger partial charge on any atom is -0.507 e. The number of nitrogens with zero attached hydrogens (tertiary/aromatic N) is 2. The molecule has 1 amide bonds. The molecule has 0 radical (unpaired) electrons. The summed E-state index contributed by atoms with van der Waals surface area (Å²) >= 11 is 6.07. The second kappa shape index (κ2) is 9.85. The maximum atomic E-state index is 13.1. The zero-order valence-corrected chi connectivity index (χ0v) is 19.5. The monoisotopic (exact) mass is 470 g/mol. The minimum absolute atomic E-state index is 0.0593. The van der Waals surface area contributed by atoms with Crippen molar-refractivity contribution in [2.75, 3.05) is 33.0 Å². The number of halogens is 1. The Morgan fingerprint density at radius 1 is 1.09 bits per heavy atom. The highest BCUT2D eigenvalue weighted by molar-refractivity contribution is 6.46. The Hall–Kier alpha value is -3.03. The lowest BCUT2D eigenvalue weighted by Crippen LogP contribution is -2.33. The number of aliphatic hydroxyl groups is 1. The van der Waals surface area contributed by atoms with Gasteiger partial charge in [0.1, 0.15) is 5.76 Å². The summed E-state index contributed by atoms with van der Waals surface area (Å²) in [6, 6.07) is 11.2. The summed E-state index contributed by atoms with van der Waals surface area (Å²) in [6.07, 6.45) is 0.711. The van der Waals surface area contributed by atoms with E-state index in [0.29, 0.717) is 40.6 Å². The van der Waals surface area contributed by atoms with Gasteiger partial charge < -0.3 is 24.4 Å². The molecular weight excluding hydrogens is 444 g/mol. The number of carbonyl (C=O) groups is 2. The van der Waals surface area contributed by atoms with Gasteiger partial charge in [-0.25, -0.2) is 0 Å². The maximum absolute atomic E-state index is 13.1. The molecule has 2 aliphatic rings. The number of rotatable bonds is 8. The maximum Gasteiger partial charge on any atom is 0.295 e. The number of fused-ring (bicyclic) bond motifs is 1. The summed E-state index contributed by atoms with van der Waals surface area (Å²) < 4.78 is 10.7. The number of amides is 1. The molecule has 8 heteroatoms. The van der Waals surface area contributed by atoms with Crippen LogP contribution in [-0.2, 0) is 9.59 Å². The van der Waals surface area contributed by atoms with Crippen LogP contribution < -0.4 is 9.47 Å². The van der Waals surface area contributed by atoms with E-state index in [4.69, 9.17) is 21.1 Å². The van der Waals surface area contributed by atoms with Crippen molar-refractivity contribution in [3.8, 4) is 11.5 Å². The van der Waals surface area contributed by atoms with Crippen LogP contribution in [0.1, 0.15) is 37.4 Å². The Morgan fingerprint density at radius 2 is 1.79 bits per heavy atom. The molecule has 4 rings (SSSR count).